The van der Waals surface area contributed by atoms with Crippen LogP contribution in [0, 0.1) is 0 Å². The molecule has 11 heavy (non-hydrogen) atoms. The van der Waals surface area contributed by atoms with Gasteiger partial charge in [-0.2, -0.15) is 0 Å². The molecule has 0 N–H and O–H groups in total. The van der Waals surface area contributed by atoms with Gasteiger partial charge in [0.15, 0.2) is 0 Å². The summed E-state index contributed by atoms with van der Waals surface area (Å²) in [5.41, 5.74) is 0. The van der Waals surface area contributed by atoms with Crippen LogP contribution in [0.2, 0.25) is 0 Å². The van der Waals surface area contributed by atoms with Gasteiger partial charge in [0, 0.05) is 18.6 Å². The fourth-order valence-electron chi connectivity index (χ4n) is 0.815. The molecule has 0 heterocycles. The largest absolute Gasteiger partial charge is 0.300 e. The minimum atomic E-state index is 0.425. The zero-order chi connectivity index (χ0) is 8.53. The van der Waals surface area contributed by atoms with Gasteiger partial charge in [-0.3, -0.25) is 4.79 Å². The molecule has 0 amide bonds. The first kappa shape index (κ1) is 11.4. The van der Waals surface area contributed by atoms with Gasteiger partial charge in [0.1, 0.15) is 5.78 Å². The van der Waals surface area contributed by atoms with Crippen molar-refractivity contribution in [1.82, 2.24) is 0 Å². The maximum absolute atomic E-state index is 11.0. The number of rotatable bonds is 7. The highest BCUT2D eigenvalue weighted by atomic mass is 33.1. The molecule has 0 aliphatic rings. The monoisotopic (exact) mass is 192 g/mol. The Morgan fingerprint density at radius 2 is 2.09 bits per heavy atom. The van der Waals surface area contributed by atoms with Crippen LogP contribution in [0.5, 0.6) is 0 Å². The molecule has 0 radical (unpaired) electrons. The lowest BCUT2D eigenvalue weighted by molar-refractivity contribution is -0.119. The van der Waals surface area contributed by atoms with Crippen LogP contribution in [0.1, 0.15) is 32.6 Å². The molecule has 0 spiro atoms. The maximum Gasteiger partial charge on any atom is 0.132 e. The second-order valence-electron chi connectivity index (χ2n) is 2.38. The van der Waals surface area contributed by atoms with Crippen LogP contribution in [0.3, 0.4) is 0 Å². The van der Waals surface area contributed by atoms with Crippen LogP contribution in [0.4, 0.5) is 0 Å². The van der Waals surface area contributed by atoms with Crippen LogP contribution in [-0.2, 0) is 4.79 Å². The summed E-state index contributed by atoms with van der Waals surface area (Å²) >= 11 is 0. The Labute approximate surface area is 77.1 Å². The maximum atomic E-state index is 11.0. The SMILES string of the molecule is CCCC(=O)CCCSSC. The summed E-state index contributed by atoms with van der Waals surface area (Å²) < 4.78 is 0. The van der Waals surface area contributed by atoms with Crippen LogP contribution in [0.15, 0.2) is 0 Å². The van der Waals surface area contributed by atoms with Crippen LogP contribution in [0.25, 0.3) is 0 Å². The lowest BCUT2D eigenvalue weighted by atomic mass is 10.1. The lowest BCUT2D eigenvalue weighted by Crippen LogP contribution is -1.96. The third-order valence-electron chi connectivity index (χ3n) is 1.33. The molecule has 0 aromatic heterocycles. The van der Waals surface area contributed by atoms with Crippen molar-refractivity contribution in [2.75, 3.05) is 12.0 Å². The van der Waals surface area contributed by atoms with E-state index in [9.17, 15) is 4.79 Å². The number of Topliss-reactive ketones (excluding diaryl/α,β-unsaturated/α-hetero) is 1. The molecule has 0 saturated heterocycles. The smallest absolute Gasteiger partial charge is 0.132 e. The summed E-state index contributed by atoms with van der Waals surface area (Å²) in [4.78, 5) is 11.0. The van der Waals surface area contributed by atoms with Gasteiger partial charge >= 0.3 is 0 Å². The number of carbonyl (C=O) groups is 1. The summed E-state index contributed by atoms with van der Waals surface area (Å²) in [6, 6.07) is 0. The van der Waals surface area contributed by atoms with Gasteiger partial charge < -0.3 is 0 Å². The lowest BCUT2D eigenvalue weighted by Gasteiger charge is -1.97. The third kappa shape index (κ3) is 8.27. The zero-order valence-corrected chi connectivity index (χ0v) is 8.89. The van der Waals surface area contributed by atoms with E-state index < -0.39 is 0 Å². The van der Waals surface area contributed by atoms with E-state index >= 15 is 0 Å². The molecule has 0 atom stereocenters. The number of hydrogen-bond acceptors (Lipinski definition) is 3. The quantitative estimate of drug-likeness (QED) is 0.455. The van der Waals surface area contributed by atoms with Gasteiger partial charge in [0.05, 0.1) is 0 Å². The number of carbonyl (C=O) groups excluding carboxylic acids is 1. The van der Waals surface area contributed by atoms with Gasteiger partial charge in [0.25, 0.3) is 0 Å². The highest BCUT2D eigenvalue weighted by molar-refractivity contribution is 8.76. The molecule has 0 aromatic rings. The van der Waals surface area contributed by atoms with Crippen LogP contribution < -0.4 is 0 Å². The standard InChI is InChI=1S/C8H16OS2/c1-3-5-8(9)6-4-7-11-10-2/h3-7H2,1-2H3. The molecule has 1 nitrogen and oxygen atoms in total. The normalized spacial score (nSPS) is 10.0. The first-order chi connectivity index (χ1) is 5.31. The van der Waals surface area contributed by atoms with E-state index in [1.807, 2.05) is 10.8 Å². The third-order valence-corrected chi connectivity index (χ3v) is 3.23. The van der Waals surface area contributed by atoms with Crippen molar-refractivity contribution < 1.29 is 4.79 Å². The van der Waals surface area contributed by atoms with E-state index in [4.69, 9.17) is 0 Å². The summed E-state index contributed by atoms with van der Waals surface area (Å²) in [6.45, 7) is 2.05. The van der Waals surface area contributed by atoms with Crippen LogP contribution >= 0.6 is 21.6 Å². The molecule has 0 aromatic carbocycles. The van der Waals surface area contributed by atoms with Crippen molar-refractivity contribution in [3.05, 3.63) is 0 Å². The van der Waals surface area contributed by atoms with Gasteiger partial charge in [-0.1, -0.05) is 28.5 Å². The summed E-state index contributed by atoms with van der Waals surface area (Å²) in [5.74, 6) is 1.53. The average Bonchev–Trinajstić information content (AvgIpc) is 1.99. The van der Waals surface area contributed by atoms with E-state index in [0.29, 0.717) is 5.78 Å². The second kappa shape index (κ2) is 8.47. The van der Waals surface area contributed by atoms with E-state index in [1.165, 1.54) is 0 Å². The molecule has 0 rings (SSSR count). The predicted molar refractivity (Wildman–Crippen MR) is 55.1 cm³/mol. The molecule has 0 saturated carbocycles. The molecule has 0 fully saturated rings. The Morgan fingerprint density at radius 3 is 2.64 bits per heavy atom. The van der Waals surface area contributed by atoms with Crippen molar-refractivity contribution in [1.29, 1.82) is 0 Å². The molecule has 0 bridgehead atoms. The summed E-state index contributed by atoms with van der Waals surface area (Å²) in [7, 11) is 3.60. The molecule has 3 heteroatoms. The fraction of sp³-hybridized carbons (Fsp3) is 0.875. The average molecular weight is 192 g/mol. The van der Waals surface area contributed by atoms with E-state index in [-0.39, 0.29) is 0 Å². The molecule has 0 aliphatic carbocycles. The zero-order valence-electron chi connectivity index (χ0n) is 7.26. The van der Waals surface area contributed by atoms with Gasteiger partial charge in [-0.05, 0) is 19.1 Å². The molecular weight excluding hydrogens is 176 g/mol. The highest BCUT2D eigenvalue weighted by Gasteiger charge is 1.98. The Morgan fingerprint density at radius 1 is 1.36 bits per heavy atom. The van der Waals surface area contributed by atoms with Crippen molar-refractivity contribution >= 4 is 27.4 Å². The minimum absolute atomic E-state index is 0.425. The minimum Gasteiger partial charge on any atom is -0.300 e. The Balaban J connectivity index is 3.04. The van der Waals surface area contributed by atoms with E-state index in [0.717, 1.165) is 31.4 Å². The summed E-state index contributed by atoms with van der Waals surface area (Å²) in [6.07, 6.45) is 5.66. The predicted octanol–water partition coefficient (Wildman–Crippen LogP) is 3.15. The molecule has 66 valence electrons. The topological polar surface area (TPSA) is 17.1 Å². The van der Waals surface area contributed by atoms with Crippen LogP contribution in [-0.4, -0.2) is 17.8 Å². The highest BCUT2D eigenvalue weighted by Crippen LogP contribution is 2.18. The molecular formula is C8H16OS2. The van der Waals surface area contributed by atoms with E-state index in [2.05, 4.69) is 13.2 Å². The van der Waals surface area contributed by atoms with Crippen molar-refractivity contribution in [3.63, 3.8) is 0 Å². The first-order valence-corrected chi connectivity index (χ1v) is 6.71. The molecule has 0 unspecified atom stereocenters. The Hall–Kier alpha value is 0.370. The van der Waals surface area contributed by atoms with Crippen molar-refractivity contribution in [2.24, 2.45) is 0 Å². The summed E-state index contributed by atoms with van der Waals surface area (Å²) in [5, 5.41) is 0. The Kier molecular flexibility index (Phi) is 8.75. The van der Waals surface area contributed by atoms with Crippen molar-refractivity contribution in [2.45, 2.75) is 32.6 Å². The number of hydrogen-bond donors (Lipinski definition) is 0. The number of ketones is 1. The molecule has 0 aliphatic heterocycles. The van der Waals surface area contributed by atoms with Gasteiger partial charge in [-0.25, -0.2) is 0 Å². The second-order valence-corrected chi connectivity index (χ2v) is 5.07. The van der Waals surface area contributed by atoms with Crippen molar-refractivity contribution in [3.8, 4) is 0 Å². The van der Waals surface area contributed by atoms with E-state index in [1.54, 1.807) is 10.8 Å². The fourth-order valence-corrected chi connectivity index (χ4v) is 2.10. The van der Waals surface area contributed by atoms with Gasteiger partial charge in [0.2, 0.25) is 0 Å². The first-order valence-electron chi connectivity index (χ1n) is 3.98. The Bertz CT molecular complexity index is 104. The van der Waals surface area contributed by atoms with Gasteiger partial charge in [-0.15, -0.1) is 0 Å².